The van der Waals surface area contributed by atoms with Crippen LogP contribution in [0.15, 0.2) is 91.4 Å². The van der Waals surface area contributed by atoms with Crippen molar-refractivity contribution in [3.8, 4) is 11.1 Å². The van der Waals surface area contributed by atoms with Crippen molar-refractivity contribution in [2.45, 2.75) is 6.54 Å². The molecule has 2 aromatic heterocycles. The van der Waals surface area contributed by atoms with Crippen molar-refractivity contribution in [1.29, 1.82) is 0 Å². The summed E-state index contributed by atoms with van der Waals surface area (Å²) in [5.74, 6) is 0. The number of halogens is 1. The highest BCUT2D eigenvalue weighted by Crippen LogP contribution is 2.20. The smallest absolute Gasteiger partial charge is 0.286 e. The van der Waals surface area contributed by atoms with Crippen LogP contribution in [0, 0.1) is 0 Å². The van der Waals surface area contributed by atoms with Crippen molar-refractivity contribution in [3.63, 3.8) is 0 Å². The molecule has 114 valence electrons. The van der Waals surface area contributed by atoms with Gasteiger partial charge >= 0.3 is 0 Å². The molecule has 0 aliphatic heterocycles. The summed E-state index contributed by atoms with van der Waals surface area (Å²) >= 11 is 0. The van der Waals surface area contributed by atoms with E-state index in [0.29, 0.717) is 0 Å². The summed E-state index contributed by atoms with van der Waals surface area (Å²) in [4.78, 5) is 0. The minimum absolute atomic E-state index is 0. The average molecular weight is 321 g/mol. The van der Waals surface area contributed by atoms with Crippen molar-refractivity contribution in [2.24, 2.45) is 0 Å². The molecule has 0 aliphatic carbocycles. The minimum atomic E-state index is 0. The Kier molecular flexibility index (Phi) is 4.45. The molecule has 0 saturated heterocycles. The van der Waals surface area contributed by atoms with Crippen molar-refractivity contribution >= 4 is 5.65 Å². The summed E-state index contributed by atoms with van der Waals surface area (Å²) in [5, 5.41) is 0. The van der Waals surface area contributed by atoms with Gasteiger partial charge in [-0.25, -0.2) is 8.97 Å². The third-order valence-electron chi connectivity index (χ3n) is 3.96. The van der Waals surface area contributed by atoms with E-state index in [-0.39, 0.29) is 12.4 Å². The van der Waals surface area contributed by atoms with Gasteiger partial charge in [0.25, 0.3) is 5.65 Å². The lowest BCUT2D eigenvalue weighted by atomic mass is 10.0. The zero-order valence-electron chi connectivity index (χ0n) is 12.6. The van der Waals surface area contributed by atoms with Gasteiger partial charge in [-0.1, -0.05) is 54.6 Å². The maximum atomic E-state index is 2.27. The summed E-state index contributed by atoms with van der Waals surface area (Å²) in [6.45, 7) is 0.876. The van der Waals surface area contributed by atoms with Crippen LogP contribution in [0.5, 0.6) is 0 Å². The molecule has 3 heteroatoms. The average Bonchev–Trinajstić information content (AvgIpc) is 2.99. The molecule has 0 N–H and O–H groups in total. The number of nitrogens with zero attached hydrogens (tertiary/aromatic N) is 2. The van der Waals surface area contributed by atoms with Gasteiger partial charge in [0, 0.05) is 6.07 Å². The molecular formula is C20H17ClN2. The highest BCUT2D eigenvalue weighted by atomic mass is 35.5. The van der Waals surface area contributed by atoms with E-state index in [1.54, 1.807) is 0 Å². The van der Waals surface area contributed by atoms with E-state index in [0.717, 1.165) is 6.54 Å². The molecule has 0 amide bonds. The first kappa shape index (κ1) is 15.3. The topological polar surface area (TPSA) is 9.03 Å². The van der Waals surface area contributed by atoms with Crippen molar-refractivity contribution in [3.05, 3.63) is 97.0 Å². The Labute approximate surface area is 142 Å². The summed E-state index contributed by atoms with van der Waals surface area (Å²) in [7, 11) is 0. The molecule has 2 nitrogen and oxygen atoms in total. The van der Waals surface area contributed by atoms with Crippen molar-refractivity contribution in [2.75, 3.05) is 0 Å². The van der Waals surface area contributed by atoms with Crippen LogP contribution in [0.25, 0.3) is 16.8 Å². The Bertz CT molecular complexity index is 913. The number of rotatable bonds is 3. The highest BCUT2D eigenvalue weighted by Gasteiger charge is 2.09. The Morgan fingerprint density at radius 3 is 2.39 bits per heavy atom. The first-order valence-corrected chi connectivity index (χ1v) is 7.50. The lowest BCUT2D eigenvalue weighted by molar-refractivity contribution is -0.510. The number of imidazole rings is 1. The van der Waals surface area contributed by atoms with Gasteiger partial charge in [0.15, 0.2) is 0 Å². The largest absolute Gasteiger partial charge is 1.00 e. The van der Waals surface area contributed by atoms with Crippen LogP contribution in [-0.2, 0) is 6.54 Å². The van der Waals surface area contributed by atoms with Crippen LogP contribution in [-0.4, -0.2) is 4.57 Å². The molecule has 0 fully saturated rings. The monoisotopic (exact) mass is 320 g/mol. The second-order valence-corrected chi connectivity index (χ2v) is 5.46. The van der Waals surface area contributed by atoms with E-state index < -0.39 is 0 Å². The Morgan fingerprint density at radius 2 is 1.52 bits per heavy atom. The SMILES string of the molecule is [Cl-].c1ccc(-c2cccc(Cn3cc[n+]4ccccc34)c2)cc1. The highest BCUT2D eigenvalue weighted by molar-refractivity contribution is 5.63. The molecule has 2 aromatic carbocycles. The maximum Gasteiger partial charge on any atom is 0.286 e. The molecular weight excluding hydrogens is 304 g/mol. The van der Waals surface area contributed by atoms with Crippen LogP contribution in [0.1, 0.15) is 5.56 Å². The van der Waals surface area contributed by atoms with E-state index in [1.165, 1.54) is 22.3 Å². The lowest BCUT2D eigenvalue weighted by Gasteiger charge is -2.04. The predicted molar refractivity (Wildman–Crippen MR) is 88.6 cm³/mol. The first-order chi connectivity index (χ1) is 10.9. The first-order valence-electron chi connectivity index (χ1n) is 7.50. The van der Waals surface area contributed by atoms with Gasteiger partial charge in [0.2, 0.25) is 0 Å². The van der Waals surface area contributed by atoms with Gasteiger partial charge in [-0.15, -0.1) is 0 Å². The van der Waals surface area contributed by atoms with Gasteiger partial charge in [0.1, 0.15) is 18.9 Å². The lowest BCUT2D eigenvalue weighted by Crippen LogP contribution is -3.00. The summed E-state index contributed by atoms with van der Waals surface area (Å²) in [6.07, 6.45) is 6.30. The summed E-state index contributed by atoms with van der Waals surface area (Å²) in [6, 6.07) is 25.5. The Morgan fingerprint density at radius 1 is 0.739 bits per heavy atom. The van der Waals surface area contributed by atoms with Crippen LogP contribution in [0.3, 0.4) is 0 Å². The summed E-state index contributed by atoms with van der Waals surface area (Å²) < 4.78 is 4.41. The number of fused-ring (bicyclic) bond motifs is 1. The quantitative estimate of drug-likeness (QED) is 0.497. The minimum Gasteiger partial charge on any atom is -1.00 e. The van der Waals surface area contributed by atoms with Crippen LogP contribution < -0.4 is 16.8 Å². The number of pyridine rings is 1. The summed E-state index contributed by atoms with van der Waals surface area (Å²) in [5.41, 5.74) is 5.04. The zero-order valence-corrected chi connectivity index (χ0v) is 13.4. The van der Waals surface area contributed by atoms with Gasteiger partial charge in [0.05, 0.1) is 6.20 Å². The van der Waals surface area contributed by atoms with E-state index in [1.807, 2.05) is 6.07 Å². The maximum absolute atomic E-state index is 2.27. The molecule has 23 heavy (non-hydrogen) atoms. The molecule has 0 unspecified atom stereocenters. The van der Waals surface area contributed by atoms with Gasteiger partial charge in [-0.2, -0.15) is 0 Å². The van der Waals surface area contributed by atoms with E-state index in [9.17, 15) is 0 Å². The fraction of sp³-hybridized carbons (Fsp3) is 0.0500. The Hall–Kier alpha value is -2.58. The van der Waals surface area contributed by atoms with Crippen LogP contribution in [0.4, 0.5) is 0 Å². The van der Waals surface area contributed by atoms with E-state index >= 15 is 0 Å². The third kappa shape index (κ3) is 3.13. The molecule has 0 spiro atoms. The Balaban J connectivity index is 0.00000156. The molecule has 0 radical (unpaired) electrons. The molecule has 4 aromatic rings. The normalized spacial score (nSPS) is 10.4. The molecule has 2 heterocycles. The van der Waals surface area contributed by atoms with E-state index in [4.69, 9.17) is 0 Å². The number of aromatic nitrogens is 2. The van der Waals surface area contributed by atoms with E-state index in [2.05, 4.69) is 94.3 Å². The molecule has 0 saturated carbocycles. The van der Waals surface area contributed by atoms with Crippen LogP contribution in [0.2, 0.25) is 0 Å². The van der Waals surface area contributed by atoms with Gasteiger partial charge in [-0.3, -0.25) is 0 Å². The standard InChI is InChI=1S/C20H17N2.ClH/c1-2-8-18(9-3-1)19-10-6-7-17(15-19)16-22-14-13-21-12-5-4-11-20(21)22;/h1-15H,16H2;1H/q+1;/p-1. The fourth-order valence-corrected chi connectivity index (χ4v) is 2.86. The molecule has 0 aliphatic rings. The molecule has 4 rings (SSSR count). The predicted octanol–water partition coefficient (Wildman–Crippen LogP) is 0.946. The van der Waals surface area contributed by atoms with Gasteiger partial charge < -0.3 is 12.4 Å². The van der Waals surface area contributed by atoms with Crippen molar-refractivity contribution < 1.29 is 16.8 Å². The molecule has 0 bridgehead atoms. The number of hydrogen-bond donors (Lipinski definition) is 0. The second kappa shape index (κ2) is 6.67. The fourth-order valence-electron chi connectivity index (χ4n) is 2.86. The van der Waals surface area contributed by atoms with Gasteiger partial charge in [-0.05, 0) is 28.8 Å². The van der Waals surface area contributed by atoms with Crippen molar-refractivity contribution in [1.82, 2.24) is 4.57 Å². The third-order valence-corrected chi connectivity index (χ3v) is 3.96. The zero-order chi connectivity index (χ0) is 14.8. The van der Waals surface area contributed by atoms with Crippen LogP contribution >= 0.6 is 0 Å². The molecule has 0 atom stereocenters. The number of hydrogen-bond acceptors (Lipinski definition) is 0. The number of benzene rings is 2. The second-order valence-electron chi connectivity index (χ2n) is 5.46.